The standard InChI is InChI=1S/C19H22N4O5S/c1-2-5-20-17(25)9-23-14(10-24)8-22-19(23)29-11-18(26)21-7-13-3-4-15-16(6-13)28-12-27-15/h2-4,6,8,24H,1,5,7,9-12H2,(H,20,25)(H,21,26). The molecule has 3 N–H and O–H groups in total. The van der Waals surface area contributed by atoms with E-state index in [2.05, 4.69) is 22.2 Å². The first-order valence-electron chi connectivity index (χ1n) is 8.91. The zero-order valence-corrected chi connectivity index (χ0v) is 16.5. The van der Waals surface area contributed by atoms with E-state index in [1.165, 1.54) is 18.0 Å². The third-order valence-corrected chi connectivity index (χ3v) is 5.06. The molecule has 0 aliphatic carbocycles. The number of carbonyl (C=O) groups excluding carboxylic acids is 2. The van der Waals surface area contributed by atoms with E-state index in [0.717, 1.165) is 5.56 Å². The average molecular weight is 418 g/mol. The SMILES string of the molecule is C=CCNC(=O)Cn1c(CO)cnc1SCC(=O)NCc1ccc2c(c1)OCO2. The second-order valence-electron chi connectivity index (χ2n) is 6.12. The molecule has 0 fully saturated rings. The normalized spacial score (nSPS) is 11.9. The fourth-order valence-corrected chi connectivity index (χ4v) is 3.45. The van der Waals surface area contributed by atoms with Crippen molar-refractivity contribution in [2.75, 3.05) is 19.1 Å². The summed E-state index contributed by atoms with van der Waals surface area (Å²) in [6.07, 6.45) is 3.08. The monoisotopic (exact) mass is 418 g/mol. The maximum Gasteiger partial charge on any atom is 0.240 e. The van der Waals surface area contributed by atoms with Crippen LogP contribution in [0.15, 0.2) is 42.2 Å². The number of thioether (sulfide) groups is 1. The molecule has 1 aliphatic rings. The Morgan fingerprint density at radius 1 is 1.28 bits per heavy atom. The molecular formula is C19H22N4O5S. The van der Waals surface area contributed by atoms with Gasteiger partial charge < -0.3 is 29.8 Å². The molecule has 0 spiro atoms. The molecule has 2 aromatic rings. The Labute approximate surface area is 172 Å². The van der Waals surface area contributed by atoms with Gasteiger partial charge in [-0.3, -0.25) is 9.59 Å². The molecule has 0 saturated heterocycles. The van der Waals surface area contributed by atoms with Gasteiger partial charge in [0.2, 0.25) is 18.6 Å². The Bertz CT molecular complexity index is 899. The van der Waals surface area contributed by atoms with Crippen LogP contribution < -0.4 is 20.1 Å². The molecule has 9 nitrogen and oxygen atoms in total. The highest BCUT2D eigenvalue weighted by molar-refractivity contribution is 7.99. The van der Waals surface area contributed by atoms with E-state index in [0.29, 0.717) is 35.4 Å². The predicted octanol–water partition coefficient (Wildman–Crippen LogP) is 0.815. The summed E-state index contributed by atoms with van der Waals surface area (Å²) in [6.45, 7) is 4.22. The number of nitrogens with zero attached hydrogens (tertiary/aromatic N) is 2. The Morgan fingerprint density at radius 3 is 2.90 bits per heavy atom. The number of nitrogens with one attached hydrogen (secondary N) is 2. The first kappa shape index (κ1) is 20.7. The molecule has 0 bridgehead atoms. The highest BCUT2D eigenvalue weighted by Gasteiger charge is 2.16. The van der Waals surface area contributed by atoms with E-state index in [-0.39, 0.29) is 37.5 Å². The summed E-state index contributed by atoms with van der Waals surface area (Å²) in [6, 6.07) is 5.50. The van der Waals surface area contributed by atoms with Crippen molar-refractivity contribution in [3.05, 3.63) is 48.3 Å². The number of imidazole rings is 1. The summed E-state index contributed by atoms with van der Waals surface area (Å²) in [4.78, 5) is 28.4. The first-order chi connectivity index (χ1) is 14.1. The number of hydrogen-bond acceptors (Lipinski definition) is 7. The summed E-state index contributed by atoms with van der Waals surface area (Å²) in [5.41, 5.74) is 1.40. The molecule has 0 unspecified atom stereocenters. The van der Waals surface area contributed by atoms with Gasteiger partial charge in [0.05, 0.1) is 24.3 Å². The van der Waals surface area contributed by atoms with Crippen molar-refractivity contribution in [1.29, 1.82) is 0 Å². The number of carbonyl (C=O) groups is 2. The van der Waals surface area contributed by atoms with Crippen molar-refractivity contribution in [2.24, 2.45) is 0 Å². The van der Waals surface area contributed by atoms with Crippen LogP contribution in [-0.2, 0) is 29.3 Å². The molecule has 1 aromatic heterocycles. The molecule has 154 valence electrons. The van der Waals surface area contributed by atoms with Crippen LogP contribution in [0, 0.1) is 0 Å². The zero-order valence-electron chi connectivity index (χ0n) is 15.7. The van der Waals surface area contributed by atoms with E-state index < -0.39 is 0 Å². The molecule has 2 heterocycles. The fourth-order valence-electron chi connectivity index (χ4n) is 2.62. The third kappa shape index (κ3) is 5.52. The average Bonchev–Trinajstić information content (AvgIpc) is 3.35. The zero-order chi connectivity index (χ0) is 20.6. The smallest absolute Gasteiger partial charge is 0.240 e. The third-order valence-electron chi connectivity index (χ3n) is 4.07. The lowest BCUT2D eigenvalue weighted by molar-refractivity contribution is -0.121. The number of aromatic nitrogens is 2. The van der Waals surface area contributed by atoms with Gasteiger partial charge in [-0.1, -0.05) is 23.9 Å². The molecule has 0 saturated carbocycles. The van der Waals surface area contributed by atoms with Crippen LogP contribution in [0.4, 0.5) is 0 Å². The Balaban J connectivity index is 1.52. The number of hydrogen-bond donors (Lipinski definition) is 3. The second-order valence-corrected chi connectivity index (χ2v) is 7.06. The van der Waals surface area contributed by atoms with Crippen LogP contribution in [0.5, 0.6) is 11.5 Å². The Kier molecular flexibility index (Phi) is 7.14. The van der Waals surface area contributed by atoms with Crippen LogP contribution in [0.3, 0.4) is 0 Å². The Morgan fingerprint density at radius 2 is 2.10 bits per heavy atom. The summed E-state index contributed by atoms with van der Waals surface area (Å²) >= 11 is 1.20. The van der Waals surface area contributed by atoms with Gasteiger partial charge in [0.1, 0.15) is 6.54 Å². The molecule has 0 radical (unpaired) electrons. The fraction of sp³-hybridized carbons (Fsp3) is 0.316. The topological polar surface area (TPSA) is 115 Å². The Hall–Kier alpha value is -2.98. The largest absolute Gasteiger partial charge is 0.454 e. The number of fused-ring (bicyclic) bond motifs is 1. The highest BCUT2D eigenvalue weighted by Crippen LogP contribution is 2.32. The van der Waals surface area contributed by atoms with Crippen molar-refractivity contribution < 1.29 is 24.2 Å². The van der Waals surface area contributed by atoms with Crippen LogP contribution in [0.2, 0.25) is 0 Å². The number of benzene rings is 1. The van der Waals surface area contributed by atoms with Crippen molar-refractivity contribution in [2.45, 2.75) is 24.9 Å². The summed E-state index contributed by atoms with van der Waals surface area (Å²) in [5.74, 6) is 1.08. The number of aliphatic hydroxyl groups is 1. The van der Waals surface area contributed by atoms with Gasteiger partial charge >= 0.3 is 0 Å². The molecule has 10 heteroatoms. The minimum absolute atomic E-state index is 0.00484. The van der Waals surface area contributed by atoms with E-state index in [1.807, 2.05) is 18.2 Å². The van der Waals surface area contributed by atoms with E-state index >= 15 is 0 Å². The van der Waals surface area contributed by atoms with E-state index in [4.69, 9.17) is 9.47 Å². The summed E-state index contributed by atoms with van der Waals surface area (Å²) in [5, 5.41) is 15.5. The van der Waals surface area contributed by atoms with Gasteiger partial charge in [-0.2, -0.15) is 0 Å². The van der Waals surface area contributed by atoms with Crippen molar-refractivity contribution in [3.8, 4) is 11.5 Å². The van der Waals surface area contributed by atoms with Gasteiger partial charge in [0.15, 0.2) is 16.7 Å². The van der Waals surface area contributed by atoms with Crippen LogP contribution in [0.1, 0.15) is 11.3 Å². The van der Waals surface area contributed by atoms with Gasteiger partial charge in [0, 0.05) is 13.1 Å². The van der Waals surface area contributed by atoms with Crippen LogP contribution in [0.25, 0.3) is 0 Å². The van der Waals surface area contributed by atoms with Gasteiger partial charge in [-0.15, -0.1) is 6.58 Å². The molecule has 2 amide bonds. The van der Waals surface area contributed by atoms with Crippen molar-refractivity contribution in [1.82, 2.24) is 20.2 Å². The lowest BCUT2D eigenvalue weighted by atomic mass is 10.2. The molecular weight excluding hydrogens is 396 g/mol. The summed E-state index contributed by atoms with van der Waals surface area (Å²) < 4.78 is 12.2. The maximum atomic E-state index is 12.2. The second kappa shape index (κ2) is 9.99. The maximum absolute atomic E-state index is 12.2. The minimum Gasteiger partial charge on any atom is -0.454 e. The number of amides is 2. The summed E-state index contributed by atoms with van der Waals surface area (Å²) in [7, 11) is 0. The molecule has 3 rings (SSSR count). The van der Waals surface area contributed by atoms with Crippen LogP contribution in [-0.4, -0.2) is 45.6 Å². The minimum atomic E-state index is -0.251. The van der Waals surface area contributed by atoms with Gasteiger partial charge in [-0.05, 0) is 17.7 Å². The molecule has 1 aliphatic heterocycles. The number of ether oxygens (including phenoxy) is 2. The van der Waals surface area contributed by atoms with E-state index in [1.54, 1.807) is 10.6 Å². The molecule has 29 heavy (non-hydrogen) atoms. The quantitative estimate of drug-likeness (QED) is 0.386. The number of aliphatic hydroxyl groups excluding tert-OH is 1. The van der Waals surface area contributed by atoms with E-state index in [9.17, 15) is 14.7 Å². The van der Waals surface area contributed by atoms with Crippen LogP contribution >= 0.6 is 11.8 Å². The van der Waals surface area contributed by atoms with Gasteiger partial charge in [-0.25, -0.2) is 4.98 Å². The lowest BCUT2D eigenvalue weighted by Crippen LogP contribution is -2.28. The highest BCUT2D eigenvalue weighted by atomic mass is 32.2. The number of rotatable bonds is 10. The molecule has 1 aromatic carbocycles. The molecule has 0 atom stereocenters. The van der Waals surface area contributed by atoms with Gasteiger partial charge in [0.25, 0.3) is 0 Å². The predicted molar refractivity (Wildman–Crippen MR) is 106 cm³/mol. The van der Waals surface area contributed by atoms with Crippen molar-refractivity contribution in [3.63, 3.8) is 0 Å². The van der Waals surface area contributed by atoms with Crippen molar-refractivity contribution >= 4 is 23.6 Å². The lowest BCUT2D eigenvalue weighted by Gasteiger charge is -2.10. The first-order valence-corrected chi connectivity index (χ1v) is 9.90.